The summed E-state index contributed by atoms with van der Waals surface area (Å²) in [6.45, 7) is 11.0. The minimum Gasteiger partial charge on any atom is -0.304 e. The Balaban J connectivity index is 2.29. The van der Waals surface area contributed by atoms with E-state index in [0.29, 0.717) is 11.5 Å². The van der Waals surface area contributed by atoms with Gasteiger partial charge in [0.15, 0.2) is 11.5 Å². The summed E-state index contributed by atoms with van der Waals surface area (Å²) >= 11 is 0. The lowest BCUT2D eigenvalue weighted by atomic mass is 10.1. The van der Waals surface area contributed by atoms with Crippen LogP contribution in [0.5, 0.6) is 0 Å². The summed E-state index contributed by atoms with van der Waals surface area (Å²) in [5.74, 6) is 0.243. The van der Waals surface area contributed by atoms with Gasteiger partial charge in [0.2, 0.25) is 0 Å². The minimum absolute atomic E-state index is 0.151. The van der Waals surface area contributed by atoms with Crippen LogP contribution in [0.2, 0.25) is 0 Å². The summed E-state index contributed by atoms with van der Waals surface area (Å²) in [5, 5.41) is 6.73. The monoisotopic (exact) mass is 269 g/mol. The molecule has 2 rings (SSSR count). The quantitative estimate of drug-likeness (QED) is 0.871. The predicted molar refractivity (Wildman–Crippen MR) is 75.7 cm³/mol. The highest BCUT2D eigenvalue weighted by atomic mass is 16.2. The fraction of sp³-hybridized carbons (Fsp3) is 0.286. The number of aromatic nitrogens is 3. The lowest BCUT2D eigenvalue weighted by Gasteiger charge is -2.08. The van der Waals surface area contributed by atoms with Crippen molar-refractivity contribution in [1.82, 2.24) is 14.8 Å². The molecule has 0 aliphatic rings. The molecule has 1 amide bonds. The van der Waals surface area contributed by atoms with Crippen molar-refractivity contribution in [3.8, 4) is 0 Å². The van der Waals surface area contributed by atoms with Gasteiger partial charge in [-0.3, -0.25) is 14.5 Å². The molecule has 0 atom stereocenters. The molecule has 0 saturated carbocycles. The van der Waals surface area contributed by atoms with E-state index in [-0.39, 0.29) is 17.5 Å². The van der Waals surface area contributed by atoms with E-state index in [2.05, 4.69) is 20.2 Å². The molecule has 0 saturated heterocycles. The van der Waals surface area contributed by atoms with Gasteiger partial charge in [0.05, 0.1) is 6.57 Å². The molecule has 2 aromatic rings. The fourth-order valence-corrected chi connectivity index (χ4v) is 1.68. The predicted octanol–water partition coefficient (Wildman–Crippen LogP) is 2.74. The van der Waals surface area contributed by atoms with Crippen LogP contribution in [0.15, 0.2) is 24.4 Å². The van der Waals surface area contributed by atoms with E-state index in [9.17, 15) is 4.79 Å². The van der Waals surface area contributed by atoms with Crippen molar-refractivity contribution in [2.24, 2.45) is 7.05 Å². The second-order valence-corrected chi connectivity index (χ2v) is 4.73. The molecule has 2 heterocycles. The maximum atomic E-state index is 12.1. The van der Waals surface area contributed by atoms with Gasteiger partial charge in [-0.1, -0.05) is 13.8 Å². The number of nitrogens with zero attached hydrogens (tertiary/aromatic N) is 4. The molecule has 6 nitrogen and oxygen atoms in total. The van der Waals surface area contributed by atoms with Crippen LogP contribution in [0.25, 0.3) is 4.85 Å². The zero-order valence-corrected chi connectivity index (χ0v) is 11.6. The fourth-order valence-electron chi connectivity index (χ4n) is 1.68. The van der Waals surface area contributed by atoms with Gasteiger partial charge in [-0.2, -0.15) is 5.10 Å². The van der Waals surface area contributed by atoms with Crippen LogP contribution >= 0.6 is 0 Å². The van der Waals surface area contributed by atoms with Crippen LogP contribution in [0, 0.1) is 6.57 Å². The van der Waals surface area contributed by atoms with E-state index in [1.165, 1.54) is 6.07 Å². The van der Waals surface area contributed by atoms with E-state index >= 15 is 0 Å². The Kier molecular flexibility index (Phi) is 3.80. The molecule has 20 heavy (non-hydrogen) atoms. The Morgan fingerprint density at radius 3 is 2.75 bits per heavy atom. The highest BCUT2D eigenvalue weighted by Crippen LogP contribution is 2.21. The molecule has 0 aliphatic carbocycles. The van der Waals surface area contributed by atoms with Crippen molar-refractivity contribution in [3.63, 3.8) is 0 Å². The van der Waals surface area contributed by atoms with Crippen LogP contribution in [0.3, 0.4) is 0 Å². The van der Waals surface area contributed by atoms with Crippen LogP contribution in [0.4, 0.5) is 11.5 Å². The zero-order chi connectivity index (χ0) is 14.7. The standard InChI is InChI=1S/C14H15N5O/c1-9(2)11-7-10(15-3)8-12(16-11)14(20)17-13-5-6-19(4)18-13/h5-9H,1-2,4H3,(H,17,18,20). The Morgan fingerprint density at radius 2 is 2.20 bits per heavy atom. The van der Waals surface area contributed by atoms with Crippen molar-refractivity contribution in [1.29, 1.82) is 0 Å². The summed E-state index contributed by atoms with van der Waals surface area (Å²) in [5.41, 5.74) is 1.37. The number of amides is 1. The topological polar surface area (TPSA) is 64.2 Å². The number of rotatable bonds is 3. The molecule has 102 valence electrons. The zero-order valence-electron chi connectivity index (χ0n) is 11.6. The van der Waals surface area contributed by atoms with E-state index in [1.54, 1.807) is 30.1 Å². The van der Waals surface area contributed by atoms with Crippen LogP contribution in [-0.2, 0) is 7.05 Å². The molecular formula is C14H15N5O. The van der Waals surface area contributed by atoms with E-state index in [4.69, 9.17) is 6.57 Å². The summed E-state index contributed by atoms with van der Waals surface area (Å²) in [6.07, 6.45) is 1.73. The first kappa shape index (κ1) is 13.7. The van der Waals surface area contributed by atoms with E-state index < -0.39 is 0 Å². The van der Waals surface area contributed by atoms with Gasteiger partial charge in [-0.05, 0) is 18.1 Å². The number of aryl methyl sites for hydroxylation is 1. The molecule has 0 radical (unpaired) electrons. The van der Waals surface area contributed by atoms with Gasteiger partial charge in [0.1, 0.15) is 5.69 Å². The third-order valence-corrected chi connectivity index (χ3v) is 2.74. The number of carbonyl (C=O) groups excluding carboxylic acids is 1. The maximum absolute atomic E-state index is 12.1. The lowest BCUT2D eigenvalue weighted by molar-refractivity contribution is 0.102. The Labute approximate surface area is 117 Å². The second kappa shape index (κ2) is 5.53. The number of carbonyl (C=O) groups is 1. The first-order valence-corrected chi connectivity index (χ1v) is 6.20. The van der Waals surface area contributed by atoms with Crippen molar-refractivity contribution in [2.75, 3.05) is 5.32 Å². The van der Waals surface area contributed by atoms with Gasteiger partial charge < -0.3 is 5.32 Å². The average Bonchev–Trinajstić information content (AvgIpc) is 2.83. The summed E-state index contributed by atoms with van der Waals surface area (Å²) < 4.78 is 1.60. The third kappa shape index (κ3) is 3.01. The van der Waals surface area contributed by atoms with Gasteiger partial charge in [-0.25, -0.2) is 4.85 Å². The summed E-state index contributed by atoms with van der Waals surface area (Å²) in [4.78, 5) is 19.8. The third-order valence-electron chi connectivity index (χ3n) is 2.74. The molecule has 0 fully saturated rings. The first-order chi connectivity index (χ1) is 9.49. The summed E-state index contributed by atoms with van der Waals surface area (Å²) in [6, 6.07) is 4.88. The Hall–Kier alpha value is -2.68. The SMILES string of the molecule is [C-]#[N+]c1cc(C(=O)Nc2ccn(C)n2)nc(C(C)C)c1. The smallest absolute Gasteiger partial charge is 0.274 e. The molecule has 0 aromatic carbocycles. The van der Waals surface area contributed by atoms with Crippen LogP contribution in [-0.4, -0.2) is 20.7 Å². The molecule has 0 unspecified atom stereocenters. The number of anilines is 1. The van der Waals surface area contributed by atoms with Crippen molar-refractivity contribution in [2.45, 2.75) is 19.8 Å². The lowest BCUT2D eigenvalue weighted by Crippen LogP contribution is -2.15. The molecule has 0 aliphatic heterocycles. The number of nitrogens with one attached hydrogen (secondary N) is 1. The number of hydrogen-bond donors (Lipinski definition) is 1. The molecule has 0 bridgehead atoms. The van der Waals surface area contributed by atoms with Gasteiger partial charge in [-0.15, -0.1) is 0 Å². The number of hydrogen-bond acceptors (Lipinski definition) is 3. The summed E-state index contributed by atoms with van der Waals surface area (Å²) in [7, 11) is 1.77. The van der Waals surface area contributed by atoms with E-state index in [1.807, 2.05) is 13.8 Å². The van der Waals surface area contributed by atoms with Crippen LogP contribution in [0.1, 0.15) is 35.9 Å². The highest BCUT2D eigenvalue weighted by molar-refractivity contribution is 6.02. The molecule has 1 N–H and O–H groups in total. The molecular weight excluding hydrogens is 254 g/mol. The molecule has 6 heteroatoms. The average molecular weight is 269 g/mol. The maximum Gasteiger partial charge on any atom is 0.274 e. The largest absolute Gasteiger partial charge is 0.304 e. The van der Waals surface area contributed by atoms with E-state index in [0.717, 1.165) is 5.69 Å². The van der Waals surface area contributed by atoms with Gasteiger partial charge >= 0.3 is 0 Å². The molecule has 0 spiro atoms. The van der Waals surface area contributed by atoms with Crippen molar-refractivity contribution in [3.05, 3.63) is 47.2 Å². The Bertz CT molecular complexity index is 681. The van der Waals surface area contributed by atoms with Gasteiger partial charge in [0, 0.05) is 25.0 Å². The normalized spacial score (nSPS) is 10.3. The number of pyridine rings is 1. The second-order valence-electron chi connectivity index (χ2n) is 4.73. The highest BCUT2D eigenvalue weighted by Gasteiger charge is 2.13. The Morgan fingerprint density at radius 1 is 1.45 bits per heavy atom. The van der Waals surface area contributed by atoms with Crippen LogP contribution < -0.4 is 5.32 Å². The van der Waals surface area contributed by atoms with Gasteiger partial charge in [0.25, 0.3) is 5.91 Å². The minimum atomic E-state index is -0.365. The first-order valence-electron chi connectivity index (χ1n) is 6.20. The van der Waals surface area contributed by atoms with Crippen molar-refractivity contribution < 1.29 is 4.79 Å². The molecule has 2 aromatic heterocycles. The van der Waals surface area contributed by atoms with Crippen molar-refractivity contribution >= 4 is 17.4 Å².